The SMILES string of the molecule is O=C(NCCc1ccco1)c1cccn1C1CCNCC1. The fourth-order valence-corrected chi connectivity index (χ4v) is 2.83. The monoisotopic (exact) mass is 287 g/mol. The van der Waals surface area contributed by atoms with E-state index in [1.807, 2.05) is 30.5 Å². The molecule has 2 aromatic heterocycles. The molecule has 5 heteroatoms. The van der Waals surface area contributed by atoms with E-state index < -0.39 is 0 Å². The van der Waals surface area contributed by atoms with E-state index in [1.165, 1.54) is 0 Å². The van der Waals surface area contributed by atoms with Crippen molar-refractivity contribution >= 4 is 5.91 Å². The average molecular weight is 287 g/mol. The van der Waals surface area contributed by atoms with Gasteiger partial charge < -0.3 is 19.6 Å². The molecule has 1 saturated heterocycles. The van der Waals surface area contributed by atoms with Crippen LogP contribution in [-0.4, -0.2) is 30.1 Å². The van der Waals surface area contributed by atoms with Gasteiger partial charge in [-0.1, -0.05) is 0 Å². The van der Waals surface area contributed by atoms with Gasteiger partial charge in [-0.3, -0.25) is 4.79 Å². The maximum atomic E-state index is 12.3. The van der Waals surface area contributed by atoms with Crippen LogP contribution < -0.4 is 10.6 Å². The zero-order valence-electron chi connectivity index (χ0n) is 12.0. The lowest BCUT2D eigenvalue weighted by Crippen LogP contribution is -2.33. The fraction of sp³-hybridized carbons (Fsp3) is 0.438. The van der Waals surface area contributed by atoms with Crippen molar-refractivity contribution in [2.24, 2.45) is 0 Å². The molecule has 0 saturated carbocycles. The Bertz CT molecular complexity index is 568. The first-order valence-corrected chi connectivity index (χ1v) is 7.53. The predicted molar refractivity (Wildman–Crippen MR) is 80.3 cm³/mol. The minimum Gasteiger partial charge on any atom is -0.469 e. The molecule has 1 aliphatic rings. The summed E-state index contributed by atoms with van der Waals surface area (Å²) in [5.74, 6) is 0.883. The summed E-state index contributed by atoms with van der Waals surface area (Å²) >= 11 is 0. The molecule has 0 spiro atoms. The van der Waals surface area contributed by atoms with Crippen molar-refractivity contribution in [1.82, 2.24) is 15.2 Å². The van der Waals surface area contributed by atoms with Crippen molar-refractivity contribution in [2.75, 3.05) is 19.6 Å². The third-order valence-electron chi connectivity index (χ3n) is 3.95. The number of carbonyl (C=O) groups is 1. The van der Waals surface area contributed by atoms with Crippen LogP contribution in [0, 0.1) is 0 Å². The van der Waals surface area contributed by atoms with Crippen LogP contribution in [0.2, 0.25) is 0 Å². The minimum atomic E-state index is -0.00918. The summed E-state index contributed by atoms with van der Waals surface area (Å²) < 4.78 is 7.38. The molecule has 0 unspecified atom stereocenters. The number of furan rings is 1. The van der Waals surface area contributed by atoms with E-state index in [0.29, 0.717) is 19.0 Å². The number of nitrogens with one attached hydrogen (secondary N) is 2. The zero-order chi connectivity index (χ0) is 14.5. The van der Waals surface area contributed by atoms with Crippen molar-refractivity contribution in [3.63, 3.8) is 0 Å². The first-order valence-electron chi connectivity index (χ1n) is 7.53. The predicted octanol–water partition coefficient (Wildman–Crippen LogP) is 1.98. The molecule has 112 valence electrons. The van der Waals surface area contributed by atoms with Gasteiger partial charge in [-0.25, -0.2) is 0 Å². The van der Waals surface area contributed by atoms with Gasteiger partial charge in [-0.05, 0) is 50.2 Å². The lowest BCUT2D eigenvalue weighted by Gasteiger charge is -2.25. The summed E-state index contributed by atoms with van der Waals surface area (Å²) in [5, 5.41) is 6.32. The number of carbonyl (C=O) groups excluding carboxylic acids is 1. The van der Waals surface area contributed by atoms with Crippen LogP contribution in [0.4, 0.5) is 0 Å². The van der Waals surface area contributed by atoms with Crippen LogP contribution in [0.5, 0.6) is 0 Å². The van der Waals surface area contributed by atoms with E-state index in [0.717, 1.165) is 37.4 Å². The topological polar surface area (TPSA) is 59.2 Å². The number of amides is 1. The van der Waals surface area contributed by atoms with Crippen molar-refractivity contribution in [3.05, 3.63) is 48.2 Å². The molecule has 1 amide bonds. The summed E-state index contributed by atoms with van der Waals surface area (Å²) in [6.45, 7) is 2.62. The lowest BCUT2D eigenvalue weighted by atomic mass is 10.1. The van der Waals surface area contributed by atoms with Gasteiger partial charge in [0.05, 0.1) is 6.26 Å². The number of rotatable bonds is 5. The second kappa shape index (κ2) is 6.63. The first kappa shape index (κ1) is 13.9. The number of hydrogen-bond acceptors (Lipinski definition) is 3. The molecule has 0 aliphatic carbocycles. The molecule has 0 aromatic carbocycles. The highest BCUT2D eigenvalue weighted by Gasteiger charge is 2.19. The molecule has 0 atom stereocenters. The summed E-state index contributed by atoms with van der Waals surface area (Å²) in [6.07, 6.45) is 6.52. The van der Waals surface area contributed by atoms with Crippen LogP contribution >= 0.6 is 0 Å². The Balaban J connectivity index is 1.58. The molecule has 2 aromatic rings. The van der Waals surface area contributed by atoms with Crippen LogP contribution in [0.15, 0.2) is 41.1 Å². The van der Waals surface area contributed by atoms with Gasteiger partial charge in [0, 0.05) is 25.2 Å². The fourth-order valence-electron chi connectivity index (χ4n) is 2.83. The van der Waals surface area contributed by atoms with Gasteiger partial charge in [0.15, 0.2) is 0 Å². The Morgan fingerprint density at radius 1 is 1.33 bits per heavy atom. The number of nitrogens with zero attached hydrogens (tertiary/aromatic N) is 1. The second-order valence-electron chi connectivity index (χ2n) is 5.37. The Morgan fingerprint density at radius 3 is 2.95 bits per heavy atom. The van der Waals surface area contributed by atoms with Gasteiger partial charge in [-0.15, -0.1) is 0 Å². The van der Waals surface area contributed by atoms with E-state index in [9.17, 15) is 4.79 Å². The zero-order valence-corrected chi connectivity index (χ0v) is 12.0. The van der Waals surface area contributed by atoms with Crippen molar-refractivity contribution in [3.8, 4) is 0 Å². The Hall–Kier alpha value is -2.01. The Kier molecular flexibility index (Phi) is 4.40. The van der Waals surface area contributed by atoms with Crippen molar-refractivity contribution < 1.29 is 9.21 Å². The average Bonchev–Trinajstić information content (AvgIpc) is 3.19. The summed E-state index contributed by atoms with van der Waals surface area (Å²) in [4.78, 5) is 12.3. The standard InChI is InChI=1S/C16H21N3O2/c20-16(18-10-7-14-3-2-12-21-14)15-4-1-11-19(15)13-5-8-17-9-6-13/h1-4,11-13,17H,5-10H2,(H,18,20). The maximum Gasteiger partial charge on any atom is 0.267 e. The Morgan fingerprint density at radius 2 is 2.19 bits per heavy atom. The summed E-state index contributed by atoms with van der Waals surface area (Å²) in [7, 11) is 0. The molecule has 3 heterocycles. The van der Waals surface area contributed by atoms with Gasteiger partial charge >= 0.3 is 0 Å². The lowest BCUT2D eigenvalue weighted by molar-refractivity contribution is 0.0941. The number of aromatic nitrogens is 1. The first-order chi connectivity index (χ1) is 10.3. The summed E-state index contributed by atoms with van der Waals surface area (Å²) in [6, 6.07) is 8.05. The molecule has 2 N–H and O–H groups in total. The smallest absolute Gasteiger partial charge is 0.267 e. The highest BCUT2D eigenvalue weighted by Crippen LogP contribution is 2.21. The van der Waals surface area contributed by atoms with Crippen LogP contribution in [-0.2, 0) is 6.42 Å². The van der Waals surface area contributed by atoms with Gasteiger partial charge in [0.1, 0.15) is 11.5 Å². The largest absolute Gasteiger partial charge is 0.469 e. The van der Waals surface area contributed by atoms with Crippen molar-refractivity contribution in [2.45, 2.75) is 25.3 Å². The van der Waals surface area contributed by atoms with E-state index >= 15 is 0 Å². The summed E-state index contributed by atoms with van der Waals surface area (Å²) in [5.41, 5.74) is 0.751. The highest BCUT2D eigenvalue weighted by molar-refractivity contribution is 5.92. The molecular weight excluding hydrogens is 266 g/mol. The molecule has 5 nitrogen and oxygen atoms in total. The second-order valence-corrected chi connectivity index (χ2v) is 5.37. The highest BCUT2D eigenvalue weighted by atomic mass is 16.3. The van der Waals surface area contributed by atoms with Gasteiger partial charge in [-0.2, -0.15) is 0 Å². The third kappa shape index (κ3) is 3.36. The quantitative estimate of drug-likeness (QED) is 0.884. The maximum absolute atomic E-state index is 12.3. The molecule has 21 heavy (non-hydrogen) atoms. The number of hydrogen-bond donors (Lipinski definition) is 2. The van der Waals surface area contributed by atoms with Gasteiger partial charge in [0.25, 0.3) is 5.91 Å². The number of piperidine rings is 1. The molecule has 0 radical (unpaired) electrons. The van der Waals surface area contributed by atoms with E-state index in [1.54, 1.807) is 6.26 Å². The minimum absolute atomic E-state index is 0.00918. The molecular formula is C16H21N3O2. The normalized spacial score (nSPS) is 16.0. The third-order valence-corrected chi connectivity index (χ3v) is 3.95. The Labute approximate surface area is 124 Å². The van der Waals surface area contributed by atoms with Crippen LogP contribution in [0.3, 0.4) is 0 Å². The molecule has 3 rings (SSSR count). The van der Waals surface area contributed by atoms with E-state index in [2.05, 4.69) is 15.2 Å². The van der Waals surface area contributed by atoms with Gasteiger partial charge in [0.2, 0.25) is 0 Å². The van der Waals surface area contributed by atoms with E-state index in [-0.39, 0.29) is 5.91 Å². The molecule has 0 bridgehead atoms. The van der Waals surface area contributed by atoms with E-state index in [4.69, 9.17) is 4.42 Å². The van der Waals surface area contributed by atoms with Crippen LogP contribution in [0.1, 0.15) is 35.1 Å². The van der Waals surface area contributed by atoms with Crippen molar-refractivity contribution in [1.29, 1.82) is 0 Å². The van der Waals surface area contributed by atoms with Crippen LogP contribution in [0.25, 0.3) is 0 Å². The molecule has 1 aliphatic heterocycles. The molecule has 1 fully saturated rings.